The van der Waals surface area contributed by atoms with Gasteiger partial charge in [-0.05, 0) is 12.5 Å². The summed E-state index contributed by atoms with van der Waals surface area (Å²) in [4.78, 5) is 6.55. The summed E-state index contributed by atoms with van der Waals surface area (Å²) in [7, 11) is 0. The average molecular weight is 148 g/mol. The van der Waals surface area contributed by atoms with Crippen LogP contribution < -0.4 is 0 Å². The summed E-state index contributed by atoms with van der Waals surface area (Å²) >= 11 is 0. The van der Waals surface area contributed by atoms with Gasteiger partial charge in [0, 0.05) is 24.9 Å². The van der Waals surface area contributed by atoms with Crippen LogP contribution in [0.25, 0.3) is 0 Å². The lowest BCUT2D eigenvalue weighted by atomic mass is 10.0. The number of fused-ring (bicyclic) bond motifs is 1. The van der Waals surface area contributed by atoms with Crippen LogP contribution in [-0.4, -0.2) is 17.3 Å². The van der Waals surface area contributed by atoms with Gasteiger partial charge in [-0.3, -0.25) is 0 Å². The molecule has 0 saturated carbocycles. The smallest absolute Gasteiger partial charge is 0.111 e. The zero-order valence-electron chi connectivity index (χ0n) is 6.70. The Morgan fingerprint density at radius 3 is 3.27 bits per heavy atom. The van der Waals surface area contributed by atoms with Crippen LogP contribution in [0.5, 0.6) is 0 Å². The molecule has 0 amide bonds. The number of hydrogen-bond donors (Lipinski definition) is 0. The molecule has 2 heteroatoms. The molecule has 2 heterocycles. The fourth-order valence-electron chi connectivity index (χ4n) is 1.50. The summed E-state index contributed by atoms with van der Waals surface area (Å²) in [6.45, 7) is 3.20. The summed E-state index contributed by atoms with van der Waals surface area (Å²) in [6, 6.07) is 0. The maximum atomic E-state index is 4.34. The largest absolute Gasteiger partial charge is 0.333 e. The van der Waals surface area contributed by atoms with E-state index >= 15 is 0 Å². The molecule has 0 aromatic carbocycles. The third-order valence-corrected chi connectivity index (χ3v) is 2.12. The first-order chi connectivity index (χ1) is 5.38. The lowest BCUT2D eigenvalue weighted by molar-refractivity contribution is 0.530. The van der Waals surface area contributed by atoms with Crippen LogP contribution in [0.4, 0.5) is 0 Å². The minimum Gasteiger partial charge on any atom is -0.333 e. The van der Waals surface area contributed by atoms with E-state index in [4.69, 9.17) is 0 Å². The molecular weight excluding hydrogens is 136 g/mol. The minimum absolute atomic E-state index is 0.588. The molecule has 0 spiro atoms. The lowest BCUT2D eigenvalue weighted by Crippen LogP contribution is -2.34. The molecule has 11 heavy (non-hydrogen) atoms. The zero-order chi connectivity index (χ0) is 7.68. The van der Waals surface area contributed by atoms with Crippen molar-refractivity contribution in [1.29, 1.82) is 0 Å². The standard InChI is InChI=1S/C9H12N2/c1-8-4-2-6-11-7-3-5-10-9(8)11/h2-3,5-6,8H,4,7H2,1H3. The van der Waals surface area contributed by atoms with E-state index in [1.807, 2.05) is 6.20 Å². The Labute approximate surface area is 66.9 Å². The summed E-state index contributed by atoms with van der Waals surface area (Å²) in [5.41, 5.74) is 0. The van der Waals surface area contributed by atoms with Crippen molar-refractivity contribution in [2.24, 2.45) is 10.9 Å². The summed E-state index contributed by atoms with van der Waals surface area (Å²) in [5.74, 6) is 1.81. The molecular formula is C9H12N2. The van der Waals surface area contributed by atoms with Gasteiger partial charge in [-0.1, -0.05) is 13.0 Å². The van der Waals surface area contributed by atoms with Crippen LogP contribution in [0, 0.1) is 5.92 Å². The Hall–Kier alpha value is -1.05. The highest BCUT2D eigenvalue weighted by Gasteiger charge is 2.19. The molecule has 0 aliphatic carbocycles. The number of amidine groups is 1. The zero-order valence-corrected chi connectivity index (χ0v) is 6.70. The first kappa shape index (κ1) is 6.65. The fraction of sp³-hybridized carbons (Fsp3) is 0.444. The maximum Gasteiger partial charge on any atom is 0.111 e. The average Bonchev–Trinajstić information content (AvgIpc) is 2.06. The van der Waals surface area contributed by atoms with Crippen LogP contribution >= 0.6 is 0 Å². The number of hydrogen-bond acceptors (Lipinski definition) is 2. The van der Waals surface area contributed by atoms with E-state index in [0.29, 0.717) is 5.92 Å². The second-order valence-electron chi connectivity index (χ2n) is 3.05. The molecule has 0 aromatic heterocycles. The molecule has 2 aliphatic heterocycles. The van der Waals surface area contributed by atoms with Gasteiger partial charge in [-0.25, -0.2) is 4.99 Å². The molecule has 1 unspecified atom stereocenters. The maximum absolute atomic E-state index is 4.34. The summed E-state index contributed by atoms with van der Waals surface area (Å²) in [5, 5.41) is 0. The molecule has 2 nitrogen and oxygen atoms in total. The van der Waals surface area contributed by atoms with Crippen LogP contribution in [0.15, 0.2) is 29.5 Å². The molecule has 0 radical (unpaired) electrons. The highest BCUT2D eigenvalue weighted by Crippen LogP contribution is 2.18. The van der Waals surface area contributed by atoms with Crippen molar-refractivity contribution in [3.63, 3.8) is 0 Å². The van der Waals surface area contributed by atoms with Gasteiger partial charge in [-0.2, -0.15) is 0 Å². The van der Waals surface area contributed by atoms with Gasteiger partial charge in [0.25, 0.3) is 0 Å². The quantitative estimate of drug-likeness (QED) is 0.511. The van der Waals surface area contributed by atoms with Crippen LogP contribution in [0.1, 0.15) is 13.3 Å². The predicted molar refractivity (Wildman–Crippen MR) is 46.2 cm³/mol. The molecule has 0 bridgehead atoms. The minimum atomic E-state index is 0.588. The van der Waals surface area contributed by atoms with Gasteiger partial charge < -0.3 is 4.90 Å². The van der Waals surface area contributed by atoms with Crippen LogP contribution in [0.3, 0.4) is 0 Å². The van der Waals surface area contributed by atoms with E-state index in [0.717, 1.165) is 13.0 Å². The Kier molecular flexibility index (Phi) is 1.53. The molecule has 2 rings (SSSR count). The first-order valence-corrected chi connectivity index (χ1v) is 4.04. The van der Waals surface area contributed by atoms with Gasteiger partial charge in [0.2, 0.25) is 0 Å². The third kappa shape index (κ3) is 1.09. The Morgan fingerprint density at radius 1 is 1.55 bits per heavy atom. The number of allylic oxidation sites excluding steroid dienone is 1. The van der Waals surface area contributed by atoms with Gasteiger partial charge in [0.15, 0.2) is 0 Å². The van der Waals surface area contributed by atoms with Crippen molar-refractivity contribution in [2.45, 2.75) is 13.3 Å². The van der Waals surface area contributed by atoms with Crippen molar-refractivity contribution in [2.75, 3.05) is 6.54 Å². The molecule has 0 aromatic rings. The van der Waals surface area contributed by atoms with E-state index < -0.39 is 0 Å². The first-order valence-electron chi connectivity index (χ1n) is 4.04. The number of nitrogens with zero attached hydrogens (tertiary/aromatic N) is 2. The number of rotatable bonds is 0. The molecule has 0 N–H and O–H groups in total. The second kappa shape index (κ2) is 2.53. The molecule has 1 atom stereocenters. The third-order valence-electron chi connectivity index (χ3n) is 2.12. The van der Waals surface area contributed by atoms with E-state index in [-0.39, 0.29) is 0 Å². The highest BCUT2D eigenvalue weighted by molar-refractivity contribution is 5.87. The van der Waals surface area contributed by atoms with E-state index in [9.17, 15) is 0 Å². The summed E-state index contributed by atoms with van der Waals surface area (Å²) in [6.07, 6.45) is 9.45. The van der Waals surface area contributed by atoms with Gasteiger partial charge in [0.1, 0.15) is 5.84 Å². The van der Waals surface area contributed by atoms with Crippen molar-refractivity contribution < 1.29 is 0 Å². The fourth-order valence-corrected chi connectivity index (χ4v) is 1.50. The van der Waals surface area contributed by atoms with E-state index in [1.165, 1.54) is 5.84 Å². The normalized spacial score (nSPS) is 28.3. The second-order valence-corrected chi connectivity index (χ2v) is 3.05. The van der Waals surface area contributed by atoms with Crippen LogP contribution in [0.2, 0.25) is 0 Å². The van der Waals surface area contributed by atoms with Crippen molar-refractivity contribution in [3.05, 3.63) is 24.6 Å². The molecule has 0 fully saturated rings. The Bertz CT molecular complexity index is 238. The Morgan fingerprint density at radius 2 is 2.45 bits per heavy atom. The van der Waals surface area contributed by atoms with Crippen LogP contribution in [-0.2, 0) is 0 Å². The SMILES string of the molecule is CC1CC=CN2CC=CN=C12. The number of aliphatic imine (C=N–C) groups is 1. The predicted octanol–water partition coefficient (Wildman–Crippen LogP) is 1.77. The van der Waals surface area contributed by atoms with Crippen molar-refractivity contribution >= 4 is 5.84 Å². The molecule has 0 saturated heterocycles. The van der Waals surface area contributed by atoms with Crippen molar-refractivity contribution in [1.82, 2.24) is 4.90 Å². The van der Waals surface area contributed by atoms with Gasteiger partial charge >= 0.3 is 0 Å². The van der Waals surface area contributed by atoms with E-state index in [2.05, 4.69) is 35.2 Å². The van der Waals surface area contributed by atoms with Gasteiger partial charge in [0.05, 0.1) is 0 Å². The topological polar surface area (TPSA) is 15.6 Å². The Balaban J connectivity index is 2.30. The van der Waals surface area contributed by atoms with E-state index in [1.54, 1.807) is 0 Å². The van der Waals surface area contributed by atoms with Crippen molar-refractivity contribution in [3.8, 4) is 0 Å². The summed E-state index contributed by atoms with van der Waals surface area (Å²) < 4.78 is 0. The highest BCUT2D eigenvalue weighted by atomic mass is 15.2. The molecule has 2 aliphatic rings. The van der Waals surface area contributed by atoms with Gasteiger partial charge in [-0.15, -0.1) is 0 Å². The molecule has 58 valence electrons. The lowest BCUT2D eigenvalue weighted by Gasteiger charge is -2.30. The monoisotopic (exact) mass is 148 g/mol.